The van der Waals surface area contributed by atoms with Gasteiger partial charge in [0.1, 0.15) is 0 Å². The van der Waals surface area contributed by atoms with E-state index in [0.717, 1.165) is 0 Å². The first-order valence-electron chi connectivity index (χ1n) is 1.99. The Labute approximate surface area is 59.7 Å². The van der Waals surface area contributed by atoms with Crippen LogP contribution in [0.5, 0.6) is 0 Å². The van der Waals surface area contributed by atoms with Crippen LogP contribution in [0, 0.1) is 7.11 Å². The van der Waals surface area contributed by atoms with Crippen molar-refractivity contribution >= 4 is 0 Å². The minimum Gasteiger partial charge on any atom is -0.551 e. The van der Waals surface area contributed by atoms with Crippen molar-refractivity contribution < 1.29 is 25.8 Å². The van der Waals surface area contributed by atoms with Gasteiger partial charge in [-0.2, -0.15) is 0 Å². The summed E-state index contributed by atoms with van der Waals surface area (Å²) in [6, 6.07) is 0. The standard InChI is InChI=1S/C5H11O.W/c1-5(2,3)6-4;/h4H2,1-3H3;/q-1;. The second kappa shape index (κ2) is 3.63. The maximum atomic E-state index is 4.69. The summed E-state index contributed by atoms with van der Waals surface area (Å²) < 4.78 is 4.69. The van der Waals surface area contributed by atoms with Gasteiger partial charge in [-0.3, -0.25) is 0 Å². The number of hydrogen-bond acceptors (Lipinski definition) is 1. The van der Waals surface area contributed by atoms with Crippen LogP contribution in [0.3, 0.4) is 0 Å². The third kappa shape index (κ3) is 10.8. The normalized spacial score (nSPS) is 10.3. The molecule has 0 radical (unpaired) electrons. The first-order chi connectivity index (χ1) is 2.56. The van der Waals surface area contributed by atoms with E-state index < -0.39 is 0 Å². The molecule has 7 heavy (non-hydrogen) atoms. The predicted octanol–water partition coefficient (Wildman–Crippen LogP) is 1.59. The van der Waals surface area contributed by atoms with Crippen LogP contribution in [-0.2, 0) is 25.8 Å². The molecule has 0 N–H and O–H groups in total. The molecule has 0 fully saturated rings. The van der Waals surface area contributed by atoms with E-state index in [1.54, 1.807) is 0 Å². The monoisotopic (exact) mass is 271 g/mol. The fraction of sp³-hybridized carbons (Fsp3) is 0.800. The van der Waals surface area contributed by atoms with Gasteiger partial charge in [0.15, 0.2) is 0 Å². The first-order valence-corrected chi connectivity index (χ1v) is 1.99. The molecule has 44 valence electrons. The van der Waals surface area contributed by atoms with E-state index in [2.05, 4.69) is 11.8 Å². The molecule has 0 saturated carbocycles. The molecule has 2 heteroatoms. The van der Waals surface area contributed by atoms with Crippen molar-refractivity contribution in [1.82, 2.24) is 0 Å². The second-order valence-electron chi connectivity index (χ2n) is 2.26. The van der Waals surface area contributed by atoms with Gasteiger partial charge in [0, 0.05) is 26.7 Å². The van der Waals surface area contributed by atoms with Crippen LogP contribution in [0.4, 0.5) is 0 Å². The van der Waals surface area contributed by atoms with Gasteiger partial charge in [0.25, 0.3) is 0 Å². The average molecular weight is 271 g/mol. The zero-order valence-electron chi connectivity index (χ0n) is 5.02. The SMILES string of the molecule is [CH2-]OC(C)(C)C.[W]. The third-order valence-corrected chi connectivity index (χ3v) is 0.433. The van der Waals surface area contributed by atoms with Crippen molar-refractivity contribution in [1.29, 1.82) is 0 Å². The van der Waals surface area contributed by atoms with Crippen LogP contribution >= 0.6 is 0 Å². The first kappa shape index (κ1) is 10.6. The van der Waals surface area contributed by atoms with E-state index in [4.69, 9.17) is 0 Å². The number of hydrogen-bond donors (Lipinski definition) is 0. The molecule has 0 bridgehead atoms. The minimum absolute atomic E-state index is 0. The summed E-state index contributed by atoms with van der Waals surface area (Å²) in [6.07, 6.45) is 0. The van der Waals surface area contributed by atoms with E-state index in [1.807, 2.05) is 20.8 Å². The van der Waals surface area contributed by atoms with Crippen LogP contribution in [0.1, 0.15) is 20.8 Å². The number of rotatable bonds is 0. The van der Waals surface area contributed by atoms with Gasteiger partial charge >= 0.3 is 0 Å². The van der Waals surface area contributed by atoms with E-state index >= 15 is 0 Å². The zero-order valence-corrected chi connectivity index (χ0v) is 7.96. The van der Waals surface area contributed by atoms with Gasteiger partial charge in [-0.1, -0.05) is 0 Å². The molecular weight excluding hydrogens is 260 g/mol. The molecule has 0 aliphatic rings. The average Bonchev–Trinajstić information content (AvgIpc) is 1.35. The molecule has 0 unspecified atom stereocenters. The van der Waals surface area contributed by atoms with Crippen molar-refractivity contribution in [2.45, 2.75) is 26.4 Å². The molecule has 0 atom stereocenters. The molecule has 0 rings (SSSR count). The van der Waals surface area contributed by atoms with Crippen LogP contribution in [-0.4, -0.2) is 5.60 Å². The summed E-state index contributed by atoms with van der Waals surface area (Å²) >= 11 is 0. The molecule has 0 aliphatic carbocycles. The summed E-state index contributed by atoms with van der Waals surface area (Å²) in [5, 5.41) is 0. The Balaban J connectivity index is 0. The molecule has 0 aromatic rings. The van der Waals surface area contributed by atoms with Gasteiger partial charge in [-0.05, 0) is 20.8 Å². The van der Waals surface area contributed by atoms with Crippen molar-refractivity contribution in [2.75, 3.05) is 0 Å². The summed E-state index contributed by atoms with van der Waals surface area (Å²) in [7, 11) is 3.26. The van der Waals surface area contributed by atoms with Gasteiger partial charge < -0.3 is 4.74 Å². The Morgan fingerprint density at radius 3 is 1.43 bits per heavy atom. The Morgan fingerprint density at radius 1 is 1.29 bits per heavy atom. The van der Waals surface area contributed by atoms with Gasteiger partial charge in [0.05, 0.1) is 0 Å². The predicted molar refractivity (Wildman–Crippen MR) is 26.2 cm³/mol. The molecular formula is C5H11OW-. The topological polar surface area (TPSA) is 9.23 Å². The van der Waals surface area contributed by atoms with Crippen LogP contribution in [0.2, 0.25) is 0 Å². The van der Waals surface area contributed by atoms with E-state index in [0.29, 0.717) is 0 Å². The van der Waals surface area contributed by atoms with Crippen LogP contribution in [0.25, 0.3) is 0 Å². The van der Waals surface area contributed by atoms with E-state index in [9.17, 15) is 0 Å². The van der Waals surface area contributed by atoms with E-state index in [1.165, 1.54) is 0 Å². The molecule has 0 aromatic carbocycles. The van der Waals surface area contributed by atoms with Crippen molar-refractivity contribution in [3.8, 4) is 0 Å². The maximum Gasteiger partial charge on any atom is 0.0257 e. The smallest absolute Gasteiger partial charge is 0.0257 e. The third-order valence-electron chi connectivity index (χ3n) is 0.433. The van der Waals surface area contributed by atoms with Crippen LogP contribution in [0.15, 0.2) is 0 Å². The summed E-state index contributed by atoms with van der Waals surface area (Å²) in [6.45, 7) is 5.88. The second-order valence-corrected chi connectivity index (χ2v) is 2.26. The maximum absolute atomic E-state index is 4.69. The van der Waals surface area contributed by atoms with Gasteiger partial charge in [-0.15, -0.1) is 0 Å². The fourth-order valence-corrected chi connectivity index (χ4v) is 0. The summed E-state index contributed by atoms with van der Waals surface area (Å²) in [5.41, 5.74) is -0.0694. The Hall–Kier alpha value is 0.648. The minimum atomic E-state index is -0.0694. The Bertz CT molecular complexity index is 37.8. The molecule has 0 amide bonds. The Kier molecular flexibility index (Phi) is 5.49. The van der Waals surface area contributed by atoms with Crippen molar-refractivity contribution in [2.24, 2.45) is 0 Å². The summed E-state index contributed by atoms with van der Waals surface area (Å²) in [4.78, 5) is 0. The molecule has 0 aromatic heterocycles. The van der Waals surface area contributed by atoms with Crippen molar-refractivity contribution in [3.63, 3.8) is 0 Å². The molecule has 0 aliphatic heterocycles. The zero-order chi connectivity index (χ0) is 5.21. The molecule has 1 nitrogen and oxygen atoms in total. The summed E-state index contributed by atoms with van der Waals surface area (Å²) in [5.74, 6) is 0. The fourth-order valence-electron chi connectivity index (χ4n) is 0. The largest absolute Gasteiger partial charge is 0.551 e. The van der Waals surface area contributed by atoms with Gasteiger partial charge in [0.2, 0.25) is 0 Å². The molecule has 0 heterocycles. The molecule has 0 spiro atoms. The van der Waals surface area contributed by atoms with Crippen LogP contribution < -0.4 is 0 Å². The van der Waals surface area contributed by atoms with Crippen molar-refractivity contribution in [3.05, 3.63) is 7.11 Å². The Morgan fingerprint density at radius 2 is 1.43 bits per heavy atom. The quantitative estimate of drug-likeness (QED) is 0.608. The van der Waals surface area contributed by atoms with E-state index in [-0.39, 0.29) is 26.7 Å². The molecule has 0 saturated heterocycles. The number of ether oxygens (including phenoxy) is 1. The van der Waals surface area contributed by atoms with Gasteiger partial charge in [-0.25, -0.2) is 7.11 Å².